The average Bonchev–Trinajstić information content (AvgIpc) is 2.89. The second-order valence-corrected chi connectivity index (χ2v) is 10.4. The lowest BCUT2D eigenvalue weighted by atomic mass is 9.77. The van der Waals surface area contributed by atoms with Crippen molar-refractivity contribution in [3.63, 3.8) is 0 Å². The fourth-order valence-electron chi connectivity index (χ4n) is 5.54. The van der Waals surface area contributed by atoms with E-state index >= 15 is 0 Å². The maximum absolute atomic E-state index is 3.39. The van der Waals surface area contributed by atoms with Gasteiger partial charge in [-0.05, 0) is 96.5 Å². The molecular weight excluding hydrogens is 408 g/mol. The largest absolute Gasteiger partial charge is 0.0654 e. The van der Waals surface area contributed by atoms with Gasteiger partial charge in [0.25, 0.3) is 0 Å². The predicted octanol–water partition coefficient (Wildman–Crippen LogP) is 9.83. The molecule has 0 radical (unpaired) electrons. The van der Waals surface area contributed by atoms with Crippen LogP contribution in [0, 0.1) is 17.8 Å². The van der Waals surface area contributed by atoms with Crippen molar-refractivity contribution in [2.24, 2.45) is 5.92 Å². The Kier molecular flexibility index (Phi) is 9.27. The highest BCUT2D eigenvalue weighted by molar-refractivity contribution is 5.84. The molecule has 0 heteroatoms. The molecule has 1 aliphatic carbocycles. The van der Waals surface area contributed by atoms with E-state index in [4.69, 9.17) is 0 Å². The summed E-state index contributed by atoms with van der Waals surface area (Å²) in [5.41, 5.74) is 5.16. The third-order valence-electron chi connectivity index (χ3n) is 7.77. The lowest BCUT2D eigenvalue weighted by Crippen LogP contribution is -2.13. The molecule has 0 aliphatic heterocycles. The van der Waals surface area contributed by atoms with Gasteiger partial charge in [-0.2, -0.15) is 0 Å². The van der Waals surface area contributed by atoms with E-state index < -0.39 is 0 Å². The third kappa shape index (κ3) is 6.99. The fourth-order valence-corrected chi connectivity index (χ4v) is 5.54. The van der Waals surface area contributed by atoms with Gasteiger partial charge < -0.3 is 0 Å². The van der Waals surface area contributed by atoms with Crippen molar-refractivity contribution in [3.8, 4) is 11.8 Å². The molecule has 0 atom stereocenters. The summed E-state index contributed by atoms with van der Waals surface area (Å²) in [6, 6.07) is 22.6. The molecule has 1 aliphatic rings. The predicted molar refractivity (Wildman–Crippen MR) is 148 cm³/mol. The second kappa shape index (κ2) is 12.8. The van der Waals surface area contributed by atoms with E-state index in [-0.39, 0.29) is 0 Å². The highest BCUT2D eigenvalue weighted by atomic mass is 14.3. The van der Waals surface area contributed by atoms with Crippen LogP contribution in [0.15, 0.2) is 60.7 Å². The first-order valence-corrected chi connectivity index (χ1v) is 13.9. The van der Waals surface area contributed by atoms with Crippen LogP contribution in [0.2, 0.25) is 0 Å². The first kappa shape index (κ1) is 24.6. The van der Waals surface area contributed by atoms with Gasteiger partial charge >= 0.3 is 0 Å². The number of benzene rings is 3. The van der Waals surface area contributed by atoms with Crippen LogP contribution in [0.3, 0.4) is 0 Å². The van der Waals surface area contributed by atoms with E-state index in [0.717, 1.165) is 23.0 Å². The van der Waals surface area contributed by atoms with Gasteiger partial charge in [0.05, 0.1) is 0 Å². The maximum Gasteiger partial charge on any atom is 0.0255 e. The van der Waals surface area contributed by atoms with Crippen molar-refractivity contribution in [2.45, 2.75) is 96.8 Å². The maximum atomic E-state index is 3.39. The van der Waals surface area contributed by atoms with Crippen LogP contribution in [0.1, 0.15) is 113 Å². The van der Waals surface area contributed by atoms with Gasteiger partial charge in [-0.15, -0.1) is 0 Å². The molecule has 178 valence electrons. The summed E-state index contributed by atoms with van der Waals surface area (Å²) in [5, 5.41) is 2.60. The average molecular weight is 451 g/mol. The summed E-state index contributed by atoms with van der Waals surface area (Å²) < 4.78 is 0. The smallest absolute Gasteiger partial charge is 0.0255 e. The van der Waals surface area contributed by atoms with Crippen molar-refractivity contribution in [1.82, 2.24) is 0 Å². The molecule has 4 rings (SSSR count). The highest BCUT2D eigenvalue weighted by Crippen LogP contribution is 2.37. The summed E-state index contributed by atoms with van der Waals surface area (Å²) >= 11 is 0. The third-order valence-corrected chi connectivity index (χ3v) is 7.77. The van der Waals surface area contributed by atoms with Gasteiger partial charge in [0, 0.05) is 11.1 Å². The van der Waals surface area contributed by atoms with Crippen LogP contribution in [0.25, 0.3) is 10.8 Å². The number of fused-ring (bicyclic) bond motifs is 1. The molecule has 0 amide bonds. The van der Waals surface area contributed by atoms with Crippen molar-refractivity contribution in [2.75, 3.05) is 0 Å². The molecule has 0 aromatic heterocycles. The molecule has 0 spiro atoms. The van der Waals surface area contributed by atoms with Gasteiger partial charge in [-0.3, -0.25) is 0 Å². The molecule has 0 N–H and O–H groups in total. The van der Waals surface area contributed by atoms with E-state index in [1.54, 1.807) is 0 Å². The van der Waals surface area contributed by atoms with Gasteiger partial charge in [0.2, 0.25) is 0 Å². The topological polar surface area (TPSA) is 0 Å². The molecular formula is C34H42. The number of hydrogen-bond acceptors (Lipinski definition) is 0. The minimum atomic E-state index is 0.747. The van der Waals surface area contributed by atoms with Crippen molar-refractivity contribution >= 4 is 10.8 Å². The zero-order valence-electron chi connectivity index (χ0n) is 21.4. The molecule has 0 bridgehead atoms. The molecule has 1 saturated carbocycles. The van der Waals surface area contributed by atoms with Crippen molar-refractivity contribution in [1.29, 1.82) is 0 Å². The first-order valence-electron chi connectivity index (χ1n) is 13.9. The van der Waals surface area contributed by atoms with Crippen LogP contribution in [-0.4, -0.2) is 0 Å². The van der Waals surface area contributed by atoms with E-state index in [9.17, 15) is 0 Å². The Labute approximate surface area is 208 Å². The van der Waals surface area contributed by atoms with Crippen molar-refractivity contribution in [3.05, 3.63) is 82.9 Å². The normalized spacial score (nSPS) is 17.9. The minimum absolute atomic E-state index is 0.747. The van der Waals surface area contributed by atoms with Gasteiger partial charge in [-0.1, -0.05) is 101 Å². The van der Waals surface area contributed by atoms with Gasteiger partial charge in [-0.25, -0.2) is 0 Å². The summed E-state index contributed by atoms with van der Waals surface area (Å²) in [7, 11) is 0. The lowest BCUT2D eigenvalue weighted by Gasteiger charge is -2.29. The Morgan fingerprint density at radius 1 is 0.647 bits per heavy atom. The Morgan fingerprint density at radius 2 is 1.32 bits per heavy atom. The number of aryl methyl sites for hydroxylation is 1. The van der Waals surface area contributed by atoms with E-state index in [2.05, 4.69) is 86.4 Å². The molecule has 0 heterocycles. The zero-order chi connectivity index (χ0) is 23.6. The minimum Gasteiger partial charge on any atom is -0.0654 e. The van der Waals surface area contributed by atoms with Gasteiger partial charge in [0.1, 0.15) is 0 Å². The number of hydrogen-bond donors (Lipinski definition) is 0. The second-order valence-electron chi connectivity index (χ2n) is 10.4. The highest BCUT2D eigenvalue weighted by Gasteiger charge is 2.21. The fraction of sp³-hybridized carbons (Fsp3) is 0.471. The summed E-state index contributed by atoms with van der Waals surface area (Å²) in [4.78, 5) is 0. The van der Waals surface area contributed by atoms with E-state index in [1.807, 2.05) is 0 Å². The summed E-state index contributed by atoms with van der Waals surface area (Å²) in [6.45, 7) is 4.55. The zero-order valence-corrected chi connectivity index (χ0v) is 21.4. The standard InChI is InChI=1S/C34H42/c1-3-5-7-8-10-27-13-19-31(20-14-27)32-21-15-28(16-22-32)11-12-30-18-24-33-25-29(9-6-4-2)17-23-34(33)26-30/h15-18,21-27,31H,3-10,13-14,19-20H2,1-2H3/t27-,31-. The van der Waals surface area contributed by atoms with E-state index in [1.165, 1.54) is 98.9 Å². The Morgan fingerprint density at radius 3 is 2.09 bits per heavy atom. The Hall–Kier alpha value is -2.52. The summed E-state index contributed by atoms with van der Waals surface area (Å²) in [5.74, 6) is 8.49. The Balaban J connectivity index is 1.32. The SMILES string of the molecule is CCCCCC[C@H]1CC[C@H](c2ccc(C#Cc3ccc4cc(CCCC)ccc4c3)cc2)CC1. The lowest BCUT2D eigenvalue weighted by molar-refractivity contribution is 0.302. The van der Waals surface area contributed by atoms with Crippen LogP contribution >= 0.6 is 0 Å². The first-order chi connectivity index (χ1) is 16.7. The van der Waals surface area contributed by atoms with Crippen molar-refractivity contribution < 1.29 is 0 Å². The molecule has 1 fully saturated rings. The van der Waals surface area contributed by atoms with Crippen LogP contribution in [0.5, 0.6) is 0 Å². The number of rotatable bonds is 9. The molecule has 0 unspecified atom stereocenters. The molecule has 3 aromatic rings. The molecule has 3 aromatic carbocycles. The summed E-state index contributed by atoms with van der Waals surface area (Å²) in [6.07, 6.45) is 16.3. The molecule has 0 nitrogen and oxygen atoms in total. The Bertz CT molecular complexity index is 1080. The van der Waals surface area contributed by atoms with Crippen LogP contribution in [0.4, 0.5) is 0 Å². The van der Waals surface area contributed by atoms with Gasteiger partial charge in [0.15, 0.2) is 0 Å². The molecule has 34 heavy (non-hydrogen) atoms. The monoisotopic (exact) mass is 450 g/mol. The van der Waals surface area contributed by atoms with Crippen LogP contribution < -0.4 is 0 Å². The van der Waals surface area contributed by atoms with E-state index in [0.29, 0.717) is 0 Å². The quantitative estimate of drug-likeness (QED) is 0.225. The van der Waals surface area contributed by atoms with Crippen LogP contribution in [-0.2, 0) is 6.42 Å². The molecule has 0 saturated heterocycles. The number of unbranched alkanes of at least 4 members (excludes halogenated alkanes) is 4.